The molecule has 8 heteroatoms. The van der Waals surface area contributed by atoms with E-state index in [9.17, 15) is 18.8 Å². The molecule has 25 heavy (non-hydrogen) atoms. The lowest BCUT2D eigenvalue weighted by atomic mass is 10.1. The number of hydrogen-bond donors (Lipinski definition) is 2. The molecule has 3 rings (SSSR count). The largest absolute Gasteiger partial charge is 0.328 e. The third-order valence-corrected chi connectivity index (χ3v) is 3.97. The van der Waals surface area contributed by atoms with E-state index in [0.717, 1.165) is 10.6 Å². The first-order chi connectivity index (χ1) is 11.9. The van der Waals surface area contributed by atoms with Crippen LogP contribution in [0.15, 0.2) is 46.0 Å². The van der Waals surface area contributed by atoms with Crippen molar-refractivity contribution in [3.63, 3.8) is 0 Å². The number of hydrogen-bond acceptors (Lipinski definition) is 3. The number of carbonyl (C=O) groups is 1. The lowest BCUT2D eigenvalue weighted by Gasteiger charge is -2.08. The van der Waals surface area contributed by atoms with Crippen LogP contribution in [0.5, 0.6) is 0 Å². The van der Waals surface area contributed by atoms with Gasteiger partial charge in [-0.3, -0.25) is 14.2 Å². The Hall–Kier alpha value is -2.93. The summed E-state index contributed by atoms with van der Waals surface area (Å²) in [6, 6.07) is 8.05. The van der Waals surface area contributed by atoms with E-state index in [0.29, 0.717) is 0 Å². The number of nitrogens with zero attached hydrogens (tertiary/aromatic N) is 1. The first-order valence-corrected chi connectivity index (χ1v) is 7.81. The lowest BCUT2D eigenvalue weighted by molar-refractivity contribution is 0.102. The third-order valence-electron chi connectivity index (χ3n) is 3.74. The maximum Gasteiger partial charge on any atom is 0.328 e. The number of halogens is 2. The Morgan fingerprint density at radius 3 is 2.72 bits per heavy atom. The van der Waals surface area contributed by atoms with Gasteiger partial charge in [-0.15, -0.1) is 0 Å². The molecular weight excluding hydrogens is 349 g/mol. The van der Waals surface area contributed by atoms with Crippen LogP contribution in [0.4, 0.5) is 10.1 Å². The average Bonchev–Trinajstić information content (AvgIpc) is 2.58. The van der Waals surface area contributed by atoms with Crippen LogP contribution in [-0.2, 0) is 6.54 Å². The summed E-state index contributed by atoms with van der Waals surface area (Å²) in [6.07, 6.45) is 0. The first kappa shape index (κ1) is 16.9. The number of rotatable bonds is 3. The highest BCUT2D eigenvalue weighted by molar-refractivity contribution is 6.31. The van der Waals surface area contributed by atoms with Gasteiger partial charge in [0.2, 0.25) is 0 Å². The molecule has 1 amide bonds. The molecule has 0 radical (unpaired) electrons. The van der Waals surface area contributed by atoms with Crippen molar-refractivity contribution in [2.75, 3.05) is 5.32 Å². The summed E-state index contributed by atoms with van der Waals surface area (Å²) in [7, 11) is 0. The molecule has 0 saturated heterocycles. The zero-order valence-corrected chi connectivity index (χ0v) is 13.9. The predicted octanol–water partition coefficient (Wildman–Crippen LogP) is 2.75. The Labute approximate surface area is 145 Å². The van der Waals surface area contributed by atoms with Gasteiger partial charge in [0.05, 0.1) is 16.6 Å². The van der Waals surface area contributed by atoms with Gasteiger partial charge in [0.25, 0.3) is 11.5 Å². The van der Waals surface area contributed by atoms with Crippen molar-refractivity contribution in [1.82, 2.24) is 9.55 Å². The predicted molar refractivity (Wildman–Crippen MR) is 93.9 cm³/mol. The standard InChI is InChI=1S/C17H13ClFN3O3/c1-2-22-16(24)11-5-3-9(7-13(11)21-17(22)25)15(23)20-14-8-10(18)4-6-12(14)19/h3-8H,2H2,1H3,(H,20,23)(H,21,25). The van der Waals surface area contributed by atoms with Crippen LogP contribution >= 0.6 is 11.6 Å². The van der Waals surface area contributed by atoms with Crippen LogP contribution in [0, 0.1) is 5.82 Å². The van der Waals surface area contributed by atoms with Gasteiger partial charge in [-0.05, 0) is 43.3 Å². The second-order valence-electron chi connectivity index (χ2n) is 5.32. The molecule has 0 spiro atoms. The van der Waals surface area contributed by atoms with Gasteiger partial charge >= 0.3 is 5.69 Å². The van der Waals surface area contributed by atoms with E-state index >= 15 is 0 Å². The lowest BCUT2D eigenvalue weighted by Crippen LogP contribution is -2.34. The molecule has 2 N–H and O–H groups in total. The number of nitrogens with one attached hydrogen (secondary N) is 2. The molecule has 128 valence electrons. The van der Waals surface area contributed by atoms with Crippen molar-refractivity contribution >= 4 is 34.1 Å². The smallest absolute Gasteiger partial charge is 0.319 e. The van der Waals surface area contributed by atoms with Gasteiger partial charge in [0, 0.05) is 17.1 Å². The quantitative estimate of drug-likeness (QED) is 0.752. The van der Waals surface area contributed by atoms with Crippen LogP contribution in [0.25, 0.3) is 10.9 Å². The Morgan fingerprint density at radius 1 is 1.24 bits per heavy atom. The van der Waals surface area contributed by atoms with Crippen molar-refractivity contribution in [2.24, 2.45) is 0 Å². The highest BCUT2D eigenvalue weighted by atomic mass is 35.5. The molecule has 2 aromatic carbocycles. The van der Waals surface area contributed by atoms with Crippen molar-refractivity contribution in [2.45, 2.75) is 13.5 Å². The van der Waals surface area contributed by atoms with Crippen molar-refractivity contribution in [3.05, 3.63) is 73.6 Å². The minimum atomic E-state index is -0.627. The minimum absolute atomic E-state index is 0.0625. The Morgan fingerprint density at radius 2 is 2.00 bits per heavy atom. The SMILES string of the molecule is CCn1c(=O)[nH]c2cc(C(=O)Nc3cc(Cl)ccc3F)ccc2c1=O. The molecular formula is C17H13ClFN3O3. The van der Waals surface area contributed by atoms with Crippen LogP contribution in [0.3, 0.4) is 0 Å². The summed E-state index contributed by atoms with van der Waals surface area (Å²) in [5.41, 5.74) is -0.657. The Kier molecular flexibility index (Phi) is 4.41. The highest BCUT2D eigenvalue weighted by Gasteiger charge is 2.13. The Bertz CT molecular complexity index is 1100. The maximum atomic E-state index is 13.7. The van der Waals surface area contributed by atoms with Gasteiger partial charge < -0.3 is 10.3 Å². The van der Waals surface area contributed by atoms with Crippen molar-refractivity contribution in [1.29, 1.82) is 0 Å². The topological polar surface area (TPSA) is 84.0 Å². The molecule has 0 fully saturated rings. The van der Waals surface area contributed by atoms with Crippen LogP contribution < -0.4 is 16.6 Å². The van der Waals surface area contributed by atoms with Gasteiger partial charge in [-0.25, -0.2) is 9.18 Å². The van der Waals surface area contributed by atoms with E-state index in [-0.39, 0.29) is 33.7 Å². The molecule has 0 bridgehead atoms. The number of anilines is 1. The number of benzene rings is 2. The number of carbonyl (C=O) groups excluding carboxylic acids is 1. The molecule has 6 nitrogen and oxygen atoms in total. The van der Waals surface area contributed by atoms with Crippen LogP contribution in [0.2, 0.25) is 5.02 Å². The molecule has 3 aromatic rings. The highest BCUT2D eigenvalue weighted by Crippen LogP contribution is 2.20. The first-order valence-electron chi connectivity index (χ1n) is 7.44. The number of H-pyrrole nitrogens is 1. The zero-order valence-electron chi connectivity index (χ0n) is 13.1. The van der Waals surface area contributed by atoms with E-state index in [1.165, 1.54) is 30.3 Å². The van der Waals surface area contributed by atoms with E-state index in [1.54, 1.807) is 6.92 Å². The normalized spacial score (nSPS) is 10.8. The second-order valence-corrected chi connectivity index (χ2v) is 5.75. The van der Waals surface area contributed by atoms with Crippen molar-refractivity contribution < 1.29 is 9.18 Å². The molecule has 0 unspecified atom stereocenters. The molecule has 0 aliphatic carbocycles. The van der Waals surface area contributed by atoms with Crippen LogP contribution in [0.1, 0.15) is 17.3 Å². The summed E-state index contributed by atoms with van der Waals surface area (Å²) in [6.45, 7) is 1.92. The average molecular weight is 362 g/mol. The fourth-order valence-electron chi connectivity index (χ4n) is 2.47. The molecule has 0 saturated carbocycles. The minimum Gasteiger partial charge on any atom is -0.319 e. The molecule has 1 aromatic heterocycles. The summed E-state index contributed by atoms with van der Waals surface area (Å²) < 4.78 is 14.8. The number of aromatic amines is 1. The van der Waals surface area contributed by atoms with E-state index in [1.807, 2.05) is 0 Å². The van der Waals surface area contributed by atoms with Crippen molar-refractivity contribution in [3.8, 4) is 0 Å². The summed E-state index contributed by atoms with van der Waals surface area (Å²) in [5.74, 6) is -1.22. The number of fused-ring (bicyclic) bond motifs is 1. The fraction of sp³-hybridized carbons (Fsp3) is 0.118. The monoisotopic (exact) mass is 361 g/mol. The van der Waals surface area contributed by atoms with Crippen LogP contribution in [-0.4, -0.2) is 15.5 Å². The summed E-state index contributed by atoms with van der Waals surface area (Å²) >= 11 is 5.79. The summed E-state index contributed by atoms with van der Waals surface area (Å²) in [5, 5.41) is 2.97. The molecule has 0 aliphatic heterocycles. The van der Waals surface area contributed by atoms with E-state index in [2.05, 4.69) is 10.3 Å². The van der Waals surface area contributed by atoms with E-state index < -0.39 is 23.0 Å². The molecule has 0 aliphatic rings. The second kappa shape index (κ2) is 6.52. The van der Waals surface area contributed by atoms with Gasteiger partial charge in [0.1, 0.15) is 5.82 Å². The molecule has 1 heterocycles. The third kappa shape index (κ3) is 3.18. The number of amides is 1. The Balaban J connectivity index is 2.02. The van der Waals surface area contributed by atoms with Gasteiger partial charge in [-0.1, -0.05) is 11.6 Å². The molecule has 0 atom stereocenters. The fourth-order valence-corrected chi connectivity index (χ4v) is 2.64. The van der Waals surface area contributed by atoms with E-state index in [4.69, 9.17) is 11.6 Å². The zero-order chi connectivity index (χ0) is 18.1. The summed E-state index contributed by atoms with van der Waals surface area (Å²) in [4.78, 5) is 39.0. The maximum absolute atomic E-state index is 13.7. The van der Waals surface area contributed by atoms with Gasteiger partial charge in [0.15, 0.2) is 0 Å². The number of aromatic nitrogens is 2. The van der Waals surface area contributed by atoms with Gasteiger partial charge in [-0.2, -0.15) is 0 Å².